The van der Waals surface area contributed by atoms with E-state index < -0.39 is 12.5 Å². The first-order valence-electron chi connectivity index (χ1n) is 12.8. The lowest BCUT2D eigenvalue weighted by molar-refractivity contribution is 0.0652. The van der Waals surface area contributed by atoms with Gasteiger partial charge in [0.2, 0.25) is 0 Å². The van der Waals surface area contributed by atoms with Gasteiger partial charge in [-0.25, -0.2) is 13.5 Å². The molecule has 2 aliphatic rings. The van der Waals surface area contributed by atoms with E-state index in [1.54, 1.807) is 32.4 Å². The van der Waals surface area contributed by atoms with Crippen LogP contribution in [0.15, 0.2) is 42.5 Å². The van der Waals surface area contributed by atoms with Gasteiger partial charge < -0.3 is 25.0 Å². The number of alkyl halides is 2. The number of nitrogens with one attached hydrogen (secondary N) is 2. The van der Waals surface area contributed by atoms with Crippen LogP contribution in [0.3, 0.4) is 0 Å². The van der Waals surface area contributed by atoms with Gasteiger partial charge in [-0.3, -0.25) is 4.79 Å². The second kappa shape index (κ2) is 11.8. The number of anilines is 1. The van der Waals surface area contributed by atoms with E-state index in [4.69, 9.17) is 9.47 Å². The normalized spacial score (nSPS) is 20.6. The molecule has 8 nitrogen and oxygen atoms in total. The quantitative estimate of drug-likeness (QED) is 0.436. The fourth-order valence-electron chi connectivity index (χ4n) is 5.36. The van der Waals surface area contributed by atoms with Crippen LogP contribution in [0.2, 0.25) is 0 Å². The summed E-state index contributed by atoms with van der Waals surface area (Å²) < 4.78 is 40.5. The molecule has 39 heavy (non-hydrogen) atoms. The van der Waals surface area contributed by atoms with Crippen LogP contribution in [-0.4, -0.2) is 66.9 Å². The first-order chi connectivity index (χ1) is 18.3. The lowest BCUT2D eigenvalue weighted by atomic mass is 9.97. The molecule has 1 saturated heterocycles. The summed E-state index contributed by atoms with van der Waals surface area (Å²) in [4.78, 5) is 15.0. The molecule has 2 N–H and O–H groups in total. The van der Waals surface area contributed by atoms with Crippen LogP contribution in [0, 0.1) is 6.92 Å². The van der Waals surface area contributed by atoms with Crippen LogP contribution in [0.1, 0.15) is 46.9 Å². The number of benzene rings is 2. The van der Waals surface area contributed by atoms with Gasteiger partial charge in [0.05, 0.1) is 26.0 Å². The number of rotatable bonds is 6. The number of hydrogen-bond acceptors (Lipinski definition) is 6. The minimum absolute atomic E-state index is 0. The largest absolute Gasteiger partial charge is 0.493 e. The number of carbonyl (C=O) groups excluding carboxylic acids is 1. The number of piperazine rings is 1. The van der Waals surface area contributed by atoms with Crippen molar-refractivity contribution in [1.29, 1.82) is 0 Å². The van der Waals surface area contributed by atoms with Gasteiger partial charge in [0, 0.05) is 42.9 Å². The molecule has 5 rings (SSSR count). The predicted molar refractivity (Wildman–Crippen MR) is 149 cm³/mol. The van der Waals surface area contributed by atoms with Gasteiger partial charge in [-0.2, -0.15) is 5.10 Å². The number of nitrogens with zero attached hydrogens (tertiary/aromatic N) is 3. The smallest absolute Gasteiger partial charge is 0.260 e. The lowest BCUT2D eigenvalue weighted by Crippen LogP contribution is -2.52. The second-order valence-electron chi connectivity index (χ2n) is 9.89. The number of aryl methyl sites for hydroxylation is 1. The van der Waals surface area contributed by atoms with Crippen molar-refractivity contribution in [2.45, 2.75) is 44.8 Å². The number of ether oxygens (including phenoxy) is 2. The molecule has 3 unspecified atom stereocenters. The molecule has 1 fully saturated rings. The molecule has 2 aliphatic heterocycles. The fourth-order valence-corrected chi connectivity index (χ4v) is 5.36. The van der Waals surface area contributed by atoms with E-state index in [1.165, 1.54) is 4.68 Å². The highest BCUT2D eigenvalue weighted by atomic mass is 35.5. The summed E-state index contributed by atoms with van der Waals surface area (Å²) in [6.45, 7) is 6.15. The Balaban J connectivity index is 0.00000353. The molecule has 3 atom stereocenters. The minimum Gasteiger partial charge on any atom is -0.493 e. The van der Waals surface area contributed by atoms with E-state index in [9.17, 15) is 13.6 Å². The van der Waals surface area contributed by atoms with Gasteiger partial charge in [-0.1, -0.05) is 12.1 Å². The minimum atomic E-state index is -2.59. The molecular formula is C28H34ClF2N5O3. The molecule has 0 saturated carbocycles. The van der Waals surface area contributed by atoms with Crippen molar-refractivity contribution in [1.82, 2.24) is 20.0 Å². The van der Waals surface area contributed by atoms with Gasteiger partial charge in [0.25, 0.3) is 12.3 Å². The number of aromatic nitrogens is 2. The number of fused-ring (bicyclic) bond motifs is 1. The van der Waals surface area contributed by atoms with Crippen molar-refractivity contribution in [3.05, 3.63) is 59.2 Å². The summed E-state index contributed by atoms with van der Waals surface area (Å²) in [5.74, 6) is 1.63. The Morgan fingerprint density at radius 2 is 1.87 bits per heavy atom. The highest BCUT2D eigenvalue weighted by Crippen LogP contribution is 2.41. The van der Waals surface area contributed by atoms with Crippen molar-refractivity contribution < 1.29 is 23.0 Å². The Morgan fingerprint density at radius 1 is 1.10 bits per heavy atom. The van der Waals surface area contributed by atoms with E-state index in [2.05, 4.69) is 15.7 Å². The maximum Gasteiger partial charge on any atom is 0.260 e. The predicted octanol–water partition coefficient (Wildman–Crippen LogP) is 5.09. The van der Waals surface area contributed by atoms with E-state index in [1.807, 2.05) is 43.0 Å². The maximum absolute atomic E-state index is 14.2. The Hall–Kier alpha value is -3.37. The van der Waals surface area contributed by atoms with E-state index in [-0.39, 0.29) is 36.8 Å². The van der Waals surface area contributed by atoms with E-state index in [0.29, 0.717) is 35.1 Å². The molecule has 11 heteroatoms. The van der Waals surface area contributed by atoms with E-state index in [0.717, 1.165) is 29.8 Å². The standard InChI is InChI=1S/C28H33F2N5O3.ClH/c1-16-11-19(28(36)34-10-9-31-15-17(34)2)5-7-20(16)22-14-26-32-21(13-23(27(29)30)35(26)33-22)18-6-8-24(37-3)25(12-18)38-4;/h5-8,11-12,14,17,21,23,27,31-32H,9-10,13,15H2,1-4H3;1H. The topological polar surface area (TPSA) is 80.7 Å². The average molecular weight is 562 g/mol. The highest BCUT2D eigenvalue weighted by molar-refractivity contribution is 5.95. The summed E-state index contributed by atoms with van der Waals surface area (Å²) in [5.41, 5.74) is 3.68. The number of methoxy groups -OCH3 is 2. The van der Waals surface area contributed by atoms with Crippen LogP contribution < -0.4 is 20.1 Å². The van der Waals surface area contributed by atoms with Gasteiger partial charge in [0.15, 0.2) is 11.5 Å². The van der Waals surface area contributed by atoms with Crippen molar-refractivity contribution in [3.8, 4) is 22.8 Å². The summed E-state index contributed by atoms with van der Waals surface area (Å²) >= 11 is 0. The van der Waals surface area contributed by atoms with Crippen LogP contribution in [0.25, 0.3) is 11.3 Å². The molecule has 3 aromatic rings. The van der Waals surface area contributed by atoms with Crippen molar-refractivity contribution in [2.75, 3.05) is 39.2 Å². The summed E-state index contributed by atoms with van der Waals surface area (Å²) in [6, 6.07) is 11.4. The van der Waals surface area contributed by atoms with Gasteiger partial charge >= 0.3 is 0 Å². The van der Waals surface area contributed by atoms with Crippen molar-refractivity contribution >= 4 is 24.1 Å². The van der Waals surface area contributed by atoms with Crippen LogP contribution >= 0.6 is 12.4 Å². The molecule has 0 spiro atoms. The number of hydrogen-bond donors (Lipinski definition) is 2. The first-order valence-corrected chi connectivity index (χ1v) is 12.8. The molecule has 0 radical (unpaired) electrons. The summed E-state index contributed by atoms with van der Waals surface area (Å²) in [5, 5.41) is 11.3. The Morgan fingerprint density at radius 3 is 2.54 bits per heavy atom. The molecule has 0 bridgehead atoms. The number of amides is 1. The molecule has 1 aromatic heterocycles. The zero-order chi connectivity index (χ0) is 27.0. The molecule has 210 valence electrons. The third-order valence-corrected chi connectivity index (χ3v) is 7.46. The van der Waals surface area contributed by atoms with Gasteiger partial charge in [-0.05, 0) is 55.7 Å². The Labute approximate surface area is 233 Å². The van der Waals surface area contributed by atoms with Gasteiger partial charge in [-0.15, -0.1) is 12.4 Å². The van der Waals surface area contributed by atoms with Crippen LogP contribution in [-0.2, 0) is 0 Å². The Bertz CT molecular complexity index is 1330. The third kappa shape index (κ3) is 5.53. The van der Waals surface area contributed by atoms with Crippen molar-refractivity contribution in [2.24, 2.45) is 0 Å². The lowest BCUT2D eigenvalue weighted by Gasteiger charge is -2.34. The molecule has 3 heterocycles. The molecular weight excluding hydrogens is 528 g/mol. The highest BCUT2D eigenvalue weighted by Gasteiger charge is 2.35. The third-order valence-electron chi connectivity index (χ3n) is 7.46. The van der Waals surface area contributed by atoms with E-state index >= 15 is 0 Å². The molecule has 2 aromatic carbocycles. The average Bonchev–Trinajstić information content (AvgIpc) is 3.35. The second-order valence-corrected chi connectivity index (χ2v) is 9.89. The van der Waals surface area contributed by atoms with Crippen LogP contribution in [0.4, 0.5) is 14.6 Å². The SMILES string of the molecule is COc1ccc(C2CC(C(F)F)n3nc(-c4ccc(C(=O)N5CCNCC5C)cc4C)cc3N2)cc1OC.Cl. The maximum atomic E-state index is 14.2. The fraction of sp³-hybridized carbons (Fsp3) is 0.429. The first kappa shape index (κ1) is 28.6. The Kier molecular flexibility index (Phi) is 8.66. The zero-order valence-electron chi connectivity index (χ0n) is 22.4. The van der Waals surface area contributed by atoms with Gasteiger partial charge in [0.1, 0.15) is 11.9 Å². The molecule has 1 amide bonds. The number of carbonyl (C=O) groups is 1. The summed E-state index contributed by atoms with van der Waals surface area (Å²) in [7, 11) is 3.10. The zero-order valence-corrected chi connectivity index (χ0v) is 23.2. The summed E-state index contributed by atoms with van der Waals surface area (Å²) in [6.07, 6.45) is -2.43. The van der Waals surface area contributed by atoms with Crippen LogP contribution in [0.5, 0.6) is 11.5 Å². The van der Waals surface area contributed by atoms with Crippen molar-refractivity contribution in [3.63, 3.8) is 0 Å². The molecule has 0 aliphatic carbocycles. The number of halogens is 3. The monoisotopic (exact) mass is 561 g/mol.